The molecule has 2 aliphatic heterocycles. The molecule has 156 valence electrons. The van der Waals surface area contributed by atoms with E-state index in [9.17, 15) is 14.4 Å². The summed E-state index contributed by atoms with van der Waals surface area (Å²) < 4.78 is 0. The van der Waals surface area contributed by atoms with E-state index in [0.717, 1.165) is 17.7 Å². The third kappa shape index (κ3) is 4.15. The molecule has 1 saturated heterocycles. The molecule has 2 heterocycles. The second-order valence-corrected chi connectivity index (χ2v) is 8.74. The van der Waals surface area contributed by atoms with Crippen molar-refractivity contribution >= 4 is 23.4 Å². The van der Waals surface area contributed by atoms with E-state index in [1.54, 1.807) is 4.90 Å². The molecule has 2 fully saturated rings. The van der Waals surface area contributed by atoms with Gasteiger partial charge in [-0.15, -0.1) is 0 Å². The number of piperidine rings is 1. The molecule has 0 aromatic heterocycles. The molecule has 3 N–H and O–H groups in total. The van der Waals surface area contributed by atoms with E-state index >= 15 is 0 Å². The second kappa shape index (κ2) is 8.14. The Kier molecular flexibility index (Phi) is 5.58. The van der Waals surface area contributed by atoms with Crippen LogP contribution in [0.25, 0.3) is 0 Å². The molecular weight excluding hydrogens is 368 g/mol. The number of carbonyl (C=O) groups excluding carboxylic acids is 3. The smallest absolute Gasteiger partial charge is 0.255 e. The quantitative estimate of drug-likeness (QED) is 0.662. The zero-order valence-electron chi connectivity index (χ0n) is 17.2. The first-order valence-electron chi connectivity index (χ1n) is 10.7. The van der Waals surface area contributed by atoms with Crippen LogP contribution in [-0.4, -0.2) is 46.8 Å². The zero-order chi connectivity index (χ0) is 20.5. The van der Waals surface area contributed by atoms with Gasteiger partial charge in [0.25, 0.3) is 5.91 Å². The molecule has 3 amide bonds. The summed E-state index contributed by atoms with van der Waals surface area (Å²) in [5, 5.41) is 9.70. The Bertz CT molecular complexity index is 822. The maximum Gasteiger partial charge on any atom is 0.255 e. The van der Waals surface area contributed by atoms with Crippen LogP contribution in [0.1, 0.15) is 68.3 Å². The fourth-order valence-electron chi connectivity index (χ4n) is 4.81. The Morgan fingerprint density at radius 1 is 1.07 bits per heavy atom. The van der Waals surface area contributed by atoms with E-state index in [0.29, 0.717) is 36.7 Å². The van der Waals surface area contributed by atoms with Gasteiger partial charge in [-0.1, -0.05) is 26.7 Å². The molecule has 1 aromatic carbocycles. The van der Waals surface area contributed by atoms with Gasteiger partial charge in [0.15, 0.2) is 0 Å². The molecule has 1 aliphatic carbocycles. The highest BCUT2D eigenvalue weighted by Crippen LogP contribution is 2.30. The number of nitrogens with zero attached hydrogens (tertiary/aromatic N) is 1. The lowest BCUT2D eigenvalue weighted by atomic mass is 9.89. The molecule has 4 rings (SSSR count). The van der Waals surface area contributed by atoms with Crippen LogP contribution in [0.3, 0.4) is 0 Å². The SMILES string of the molecule is CC(C)N[C@H]1CCCC[C@@H]1Nc1ccc2c(c1)CN(C1CCC(=O)NC1=O)C2=O. The lowest BCUT2D eigenvalue weighted by Crippen LogP contribution is -2.52. The molecule has 7 nitrogen and oxygen atoms in total. The third-order valence-corrected chi connectivity index (χ3v) is 6.19. The van der Waals surface area contributed by atoms with Crippen molar-refractivity contribution < 1.29 is 14.4 Å². The van der Waals surface area contributed by atoms with Gasteiger partial charge in [-0.05, 0) is 43.0 Å². The molecule has 7 heteroatoms. The van der Waals surface area contributed by atoms with Crippen LogP contribution in [-0.2, 0) is 16.1 Å². The van der Waals surface area contributed by atoms with Gasteiger partial charge in [0.05, 0.1) is 0 Å². The van der Waals surface area contributed by atoms with Crippen LogP contribution in [0, 0.1) is 0 Å². The summed E-state index contributed by atoms with van der Waals surface area (Å²) >= 11 is 0. The van der Waals surface area contributed by atoms with Crippen molar-refractivity contribution in [3.63, 3.8) is 0 Å². The molecule has 29 heavy (non-hydrogen) atoms. The predicted molar refractivity (Wildman–Crippen MR) is 110 cm³/mol. The monoisotopic (exact) mass is 398 g/mol. The zero-order valence-corrected chi connectivity index (χ0v) is 17.2. The standard InChI is InChI=1S/C22H30N4O3/c1-13(2)23-17-5-3-4-6-18(17)24-15-7-8-16-14(11-15)12-26(22(16)29)19-9-10-20(27)25-21(19)28/h7-8,11,13,17-19,23-24H,3-6,9-10,12H2,1-2H3,(H,25,27,28)/t17-,18-,19?/m0/s1. The highest BCUT2D eigenvalue weighted by molar-refractivity contribution is 6.05. The number of rotatable bonds is 5. The lowest BCUT2D eigenvalue weighted by molar-refractivity contribution is -0.136. The van der Waals surface area contributed by atoms with Crippen molar-refractivity contribution in [3.8, 4) is 0 Å². The molecule has 0 spiro atoms. The van der Waals surface area contributed by atoms with Gasteiger partial charge in [0.2, 0.25) is 11.8 Å². The molecule has 3 atom stereocenters. The van der Waals surface area contributed by atoms with Gasteiger partial charge in [0.1, 0.15) is 6.04 Å². The Morgan fingerprint density at radius 2 is 1.83 bits per heavy atom. The van der Waals surface area contributed by atoms with E-state index in [1.165, 1.54) is 19.3 Å². The van der Waals surface area contributed by atoms with Crippen molar-refractivity contribution in [2.75, 3.05) is 5.32 Å². The van der Waals surface area contributed by atoms with Crippen LogP contribution in [0.15, 0.2) is 18.2 Å². The van der Waals surface area contributed by atoms with E-state index in [4.69, 9.17) is 0 Å². The summed E-state index contributed by atoms with van der Waals surface area (Å²) in [4.78, 5) is 38.0. The highest BCUT2D eigenvalue weighted by Gasteiger charge is 2.39. The minimum absolute atomic E-state index is 0.127. The van der Waals surface area contributed by atoms with Crippen LogP contribution in [0.2, 0.25) is 0 Å². The van der Waals surface area contributed by atoms with Gasteiger partial charge >= 0.3 is 0 Å². The maximum absolute atomic E-state index is 12.8. The number of amides is 3. The predicted octanol–water partition coefficient (Wildman–Crippen LogP) is 2.17. The van der Waals surface area contributed by atoms with Crippen molar-refractivity contribution in [1.82, 2.24) is 15.5 Å². The van der Waals surface area contributed by atoms with E-state index in [-0.39, 0.29) is 24.1 Å². The molecule has 0 bridgehead atoms. The Labute approximate surface area is 171 Å². The van der Waals surface area contributed by atoms with Crippen molar-refractivity contribution in [1.29, 1.82) is 0 Å². The number of anilines is 1. The van der Waals surface area contributed by atoms with E-state index < -0.39 is 6.04 Å². The summed E-state index contributed by atoms with van der Waals surface area (Å²) in [6, 6.07) is 6.56. The number of hydrogen-bond donors (Lipinski definition) is 3. The number of hydrogen-bond acceptors (Lipinski definition) is 5. The minimum Gasteiger partial charge on any atom is -0.381 e. The summed E-state index contributed by atoms with van der Waals surface area (Å²) in [6.07, 6.45) is 5.43. The Morgan fingerprint density at radius 3 is 2.55 bits per heavy atom. The lowest BCUT2D eigenvalue weighted by Gasteiger charge is -2.35. The average molecular weight is 399 g/mol. The van der Waals surface area contributed by atoms with Gasteiger partial charge < -0.3 is 15.5 Å². The molecule has 3 aliphatic rings. The van der Waals surface area contributed by atoms with Crippen LogP contribution in [0.4, 0.5) is 5.69 Å². The fraction of sp³-hybridized carbons (Fsp3) is 0.591. The van der Waals surface area contributed by atoms with Crippen LogP contribution < -0.4 is 16.0 Å². The molecule has 1 saturated carbocycles. The summed E-state index contributed by atoms with van der Waals surface area (Å²) in [7, 11) is 0. The molecule has 1 unspecified atom stereocenters. The number of nitrogens with one attached hydrogen (secondary N) is 3. The summed E-state index contributed by atoms with van der Waals surface area (Å²) in [6.45, 7) is 4.76. The number of benzene rings is 1. The normalized spacial score (nSPS) is 27.2. The Balaban J connectivity index is 1.47. The maximum atomic E-state index is 12.8. The largest absolute Gasteiger partial charge is 0.381 e. The van der Waals surface area contributed by atoms with E-state index in [2.05, 4.69) is 29.8 Å². The minimum atomic E-state index is -0.568. The van der Waals surface area contributed by atoms with Gasteiger partial charge in [0, 0.05) is 42.3 Å². The topological polar surface area (TPSA) is 90.5 Å². The molecule has 0 radical (unpaired) electrons. The first-order valence-corrected chi connectivity index (χ1v) is 10.7. The fourth-order valence-corrected chi connectivity index (χ4v) is 4.81. The molecular formula is C22H30N4O3. The van der Waals surface area contributed by atoms with Gasteiger partial charge in [-0.2, -0.15) is 0 Å². The summed E-state index contributed by atoms with van der Waals surface area (Å²) in [5.41, 5.74) is 2.61. The van der Waals surface area contributed by atoms with Crippen LogP contribution in [0.5, 0.6) is 0 Å². The number of fused-ring (bicyclic) bond motifs is 1. The number of carbonyl (C=O) groups is 3. The van der Waals surface area contributed by atoms with E-state index in [1.807, 2.05) is 18.2 Å². The van der Waals surface area contributed by atoms with Gasteiger partial charge in [-0.3, -0.25) is 19.7 Å². The Hall–Kier alpha value is -2.41. The van der Waals surface area contributed by atoms with Crippen molar-refractivity contribution in [2.45, 2.75) is 83.1 Å². The van der Waals surface area contributed by atoms with Crippen molar-refractivity contribution in [2.24, 2.45) is 0 Å². The summed E-state index contributed by atoms with van der Waals surface area (Å²) in [5.74, 6) is -0.762. The van der Waals surface area contributed by atoms with Crippen molar-refractivity contribution in [3.05, 3.63) is 29.3 Å². The second-order valence-electron chi connectivity index (χ2n) is 8.74. The van der Waals surface area contributed by atoms with Crippen LogP contribution >= 0.6 is 0 Å². The molecule has 1 aromatic rings. The average Bonchev–Trinajstić information content (AvgIpc) is 2.99. The first kappa shape index (κ1) is 19.9. The first-order chi connectivity index (χ1) is 13.9. The van der Waals surface area contributed by atoms with Gasteiger partial charge in [-0.25, -0.2) is 0 Å². The number of imide groups is 1. The third-order valence-electron chi connectivity index (χ3n) is 6.19. The highest BCUT2D eigenvalue weighted by atomic mass is 16.2.